The van der Waals surface area contributed by atoms with Crippen LogP contribution in [0.2, 0.25) is 0 Å². The monoisotopic (exact) mass is 292 g/mol. The molecule has 21 heavy (non-hydrogen) atoms. The molecule has 0 bridgehead atoms. The molecular formula is C17H28N2O2. The number of nitrogens with zero attached hydrogens (tertiary/aromatic N) is 1. The Balaban J connectivity index is 2.11. The molecule has 1 aromatic rings. The number of carbonyl (C=O) groups excluding carboxylic acids is 1. The van der Waals surface area contributed by atoms with Crippen LogP contribution in [-0.2, 0) is 4.74 Å². The van der Waals surface area contributed by atoms with Gasteiger partial charge in [0.05, 0.1) is 5.69 Å². The number of carbonyl (C=O) groups is 1. The fourth-order valence-electron chi connectivity index (χ4n) is 3.65. The summed E-state index contributed by atoms with van der Waals surface area (Å²) >= 11 is 0. The van der Waals surface area contributed by atoms with E-state index in [-0.39, 0.29) is 23.5 Å². The van der Waals surface area contributed by atoms with Crippen LogP contribution in [0.25, 0.3) is 0 Å². The molecule has 0 saturated heterocycles. The third-order valence-electron chi connectivity index (χ3n) is 4.26. The molecule has 1 aliphatic carbocycles. The van der Waals surface area contributed by atoms with Crippen molar-refractivity contribution in [3.63, 3.8) is 0 Å². The lowest BCUT2D eigenvalue weighted by Gasteiger charge is -2.38. The van der Waals surface area contributed by atoms with Gasteiger partial charge >= 0.3 is 5.97 Å². The van der Waals surface area contributed by atoms with Crippen LogP contribution in [0, 0.1) is 11.3 Å². The van der Waals surface area contributed by atoms with Crippen molar-refractivity contribution in [3.8, 4) is 0 Å². The first kappa shape index (κ1) is 15.9. The molecular weight excluding hydrogens is 264 g/mol. The Labute approximate surface area is 127 Å². The van der Waals surface area contributed by atoms with E-state index in [1.54, 1.807) is 12.3 Å². The maximum atomic E-state index is 12.5. The second-order valence-electron chi connectivity index (χ2n) is 7.60. The summed E-state index contributed by atoms with van der Waals surface area (Å²) in [5.41, 5.74) is 7.22. The normalized spacial score (nSPS) is 25.0. The Morgan fingerprint density at radius 3 is 2.67 bits per heavy atom. The van der Waals surface area contributed by atoms with E-state index in [4.69, 9.17) is 10.5 Å². The molecule has 1 heterocycles. The average Bonchev–Trinajstić information content (AvgIpc) is 2.68. The average molecular weight is 292 g/mol. The standard InChI is InChI=1S/C17H28N2O2/c1-11(2)19-10-13(18)7-15(19)16(20)21-14-6-12(3)8-17(4,5)9-14/h7,10-12,14H,6,8-9,18H2,1-5H3. The highest BCUT2D eigenvalue weighted by Gasteiger charge is 2.34. The van der Waals surface area contributed by atoms with Crippen molar-refractivity contribution in [2.75, 3.05) is 5.73 Å². The van der Waals surface area contributed by atoms with Crippen molar-refractivity contribution in [2.45, 2.75) is 66.0 Å². The zero-order valence-corrected chi connectivity index (χ0v) is 13.8. The molecule has 0 aromatic carbocycles. The molecule has 2 unspecified atom stereocenters. The summed E-state index contributed by atoms with van der Waals surface area (Å²) in [7, 11) is 0. The number of hydrogen-bond donors (Lipinski definition) is 1. The lowest BCUT2D eigenvalue weighted by molar-refractivity contribution is -0.00816. The molecule has 1 saturated carbocycles. The molecule has 0 amide bonds. The van der Waals surface area contributed by atoms with Crippen LogP contribution in [0.5, 0.6) is 0 Å². The van der Waals surface area contributed by atoms with Gasteiger partial charge in [0.25, 0.3) is 0 Å². The van der Waals surface area contributed by atoms with E-state index >= 15 is 0 Å². The van der Waals surface area contributed by atoms with Gasteiger partial charge in [-0.25, -0.2) is 4.79 Å². The lowest BCUT2D eigenvalue weighted by atomic mass is 9.71. The quantitative estimate of drug-likeness (QED) is 0.856. The topological polar surface area (TPSA) is 57.2 Å². The number of ether oxygens (including phenoxy) is 1. The molecule has 0 radical (unpaired) electrons. The summed E-state index contributed by atoms with van der Waals surface area (Å²) in [6, 6.07) is 1.89. The van der Waals surface area contributed by atoms with Gasteiger partial charge in [0.1, 0.15) is 11.8 Å². The van der Waals surface area contributed by atoms with E-state index in [0.717, 1.165) is 12.8 Å². The van der Waals surface area contributed by atoms with Crippen molar-refractivity contribution in [1.29, 1.82) is 0 Å². The third kappa shape index (κ3) is 3.80. The smallest absolute Gasteiger partial charge is 0.355 e. The number of aromatic nitrogens is 1. The van der Waals surface area contributed by atoms with E-state index in [9.17, 15) is 4.79 Å². The Morgan fingerprint density at radius 1 is 1.43 bits per heavy atom. The number of rotatable bonds is 3. The minimum atomic E-state index is -0.254. The largest absolute Gasteiger partial charge is 0.458 e. The molecule has 1 aliphatic rings. The van der Waals surface area contributed by atoms with Crippen LogP contribution >= 0.6 is 0 Å². The second-order valence-corrected chi connectivity index (χ2v) is 7.60. The maximum Gasteiger partial charge on any atom is 0.355 e. The van der Waals surface area contributed by atoms with Crippen molar-refractivity contribution < 1.29 is 9.53 Å². The highest BCUT2D eigenvalue weighted by atomic mass is 16.5. The van der Waals surface area contributed by atoms with Gasteiger partial charge in [-0.15, -0.1) is 0 Å². The lowest BCUT2D eigenvalue weighted by Crippen LogP contribution is -2.34. The van der Waals surface area contributed by atoms with Gasteiger partial charge in [-0.3, -0.25) is 0 Å². The fraction of sp³-hybridized carbons (Fsp3) is 0.706. The SMILES string of the molecule is CC1CC(OC(=O)c2cc(N)cn2C(C)C)CC(C)(C)C1. The maximum absolute atomic E-state index is 12.5. The van der Waals surface area contributed by atoms with Crippen LogP contribution in [0.1, 0.15) is 70.4 Å². The van der Waals surface area contributed by atoms with Crippen LogP contribution in [0.3, 0.4) is 0 Å². The van der Waals surface area contributed by atoms with Crippen LogP contribution < -0.4 is 5.73 Å². The van der Waals surface area contributed by atoms with Gasteiger partial charge in [-0.05, 0) is 50.5 Å². The highest BCUT2D eigenvalue weighted by Crippen LogP contribution is 2.40. The van der Waals surface area contributed by atoms with E-state index in [1.165, 1.54) is 6.42 Å². The number of nitrogen functional groups attached to an aromatic ring is 1. The first-order valence-electron chi connectivity index (χ1n) is 7.86. The predicted octanol–water partition coefficient (Wildman–Crippen LogP) is 4.02. The molecule has 2 N–H and O–H groups in total. The predicted molar refractivity (Wildman–Crippen MR) is 85.2 cm³/mol. The number of hydrogen-bond acceptors (Lipinski definition) is 3. The van der Waals surface area contributed by atoms with Gasteiger partial charge in [0, 0.05) is 12.2 Å². The molecule has 4 nitrogen and oxygen atoms in total. The first-order chi connectivity index (χ1) is 9.68. The molecule has 4 heteroatoms. The highest BCUT2D eigenvalue weighted by molar-refractivity contribution is 5.89. The molecule has 118 valence electrons. The molecule has 1 fully saturated rings. The zero-order valence-electron chi connectivity index (χ0n) is 13.8. The van der Waals surface area contributed by atoms with Crippen LogP contribution in [0.4, 0.5) is 5.69 Å². The summed E-state index contributed by atoms with van der Waals surface area (Å²) in [5, 5.41) is 0. The third-order valence-corrected chi connectivity index (χ3v) is 4.26. The second kappa shape index (κ2) is 5.74. The van der Waals surface area contributed by atoms with Gasteiger partial charge in [0.2, 0.25) is 0 Å². The van der Waals surface area contributed by atoms with Gasteiger partial charge in [0.15, 0.2) is 0 Å². The van der Waals surface area contributed by atoms with Crippen LogP contribution in [-0.4, -0.2) is 16.6 Å². The Hall–Kier alpha value is -1.45. The summed E-state index contributed by atoms with van der Waals surface area (Å²) in [5.74, 6) is 0.337. The summed E-state index contributed by atoms with van der Waals surface area (Å²) in [6.07, 6.45) is 4.88. The molecule has 2 rings (SSSR count). The van der Waals surface area contributed by atoms with Gasteiger partial charge in [-0.1, -0.05) is 20.8 Å². The Bertz CT molecular complexity index is 517. The van der Waals surface area contributed by atoms with Crippen molar-refractivity contribution in [2.24, 2.45) is 11.3 Å². The Morgan fingerprint density at radius 2 is 2.10 bits per heavy atom. The molecule has 2 atom stereocenters. The summed E-state index contributed by atoms with van der Waals surface area (Å²) in [4.78, 5) is 12.5. The van der Waals surface area contributed by atoms with Gasteiger partial charge in [-0.2, -0.15) is 0 Å². The van der Waals surface area contributed by atoms with E-state index in [1.807, 2.05) is 18.4 Å². The van der Waals surface area contributed by atoms with Crippen molar-refractivity contribution in [1.82, 2.24) is 4.57 Å². The molecule has 0 spiro atoms. The van der Waals surface area contributed by atoms with Crippen LogP contribution in [0.15, 0.2) is 12.3 Å². The number of anilines is 1. The minimum absolute atomic E-state index is 0.00740. The Kier molecular flexibility index (Phi) is 4.35. The van der Waals surface area contributed by atoms with Crippen molar-refractivity contribution >= 4 is 11.7 Å². The number of nitrogens with two attached hydrogens (primary N) is 1. The molecule has 0 aliphatic heterocycles. The summed E-state index contributed by atoms with van der Waals surface area (Å²) < 4.78 is 7.66. The van der Waals surface area contributed by atoms with E-state index in [0.29, 0.717) is 17.3 Å². The van der Waals surface area contributed by atoms with Gasteiger partial charge < -0.3 is 15.0 Å². The van der Waals surface area contributed by atoms with E-state index in [2.05, 4.69) is 20.8 Å². The van der Waals surface area contributed by atoms with Crippen molar-refractivity contribution in [3.05, 3.63) is 18.0 Å². The zero-order chi connectivity index (χ0) is 15.8. The summed E-state index contributed by atoms with van der Waals surface area (Å²) in [6.45, 7) is 10.8. The minimum Gasteiger partial charge on any atom is -0.458 e. The van der Waals surface area contributed by atoms with E-state index < -0.39 is 0 Å². The first-order valence-corrected chi connectivity index (χ1v) is 7.86. The number of esters is 1. The molecule has 1 aromatic heterocycles. The fourth-order valence-corrected chi connectivity index (χ4v) is 3.65.